The van der Waals surface area contributed by atoms with E-state index in [2.05, 4.69) is 72.8 Å². The number of rotatable bonds is 9. The standard InChI is InChI=1S/C33H28O3/c34-22-27-19-32(35-23-25-11-15-30(16-12-25)28-7-3-1-4-8-28)21-33(20-27)36-24-26-13-17-31(18-14-26)29-9-5-2-6-10-29/h1-21,34H,22-24H2. The highest BCUT2D eigenvalue weighted by molar-refractivity contribution is 5.64. The molecular weight excluding hydrogens is 444 g/mol. The van der Waals surface area contributed by atoms with E-state index in [-0.39, 0.29) is 6.61 Å². The van der Waals surface area contributed by atoms with Gasteiger partial charge in [0.1, 0.15) is 24.7 Å². The third-order valence-corrected chi connectivity index (χ3v) is 6.06. The van der Waals surface area contributed by atoms with Crippen LogP contribution < -0.4 is 9.47 Å². The summed E-state index contributed by atoms with van der Waals surface area (Å²) in [5.74, 6) is 1.34. The van der Waals surface area contributed by atoms with Crippen molar-refractivity contribution in [3.8, 4) is 33.8 Å². The summed E-state index contributed by atoms with van der Waals surface area (Å²) < 4.78 is 12.1. The van der Waals surface area contributed by atoms with Crippen LogP contribution >= 0.6 is 0 Å². The Bertz CT molecular complexity index is 1270. The van der Waals surface area contributed by atoms with Crippen LogP contribution in [0.15, 0.2) is 127 Å². The molecule has 0 radical (unpaired) electrons. The van der Waals surface area contributed by atoms with Gasteiger partial charge in [0.15, 0.2) is 0 Å². The van der Waals surface area contributed by atoms with Crippen LogP contribution in [0.5, 0.6) is 11.5 Å². The molecule has 178 valence electrons. The van der Waals surface area contributed by atoms with Crippen LogP contribution in [0.1, 0.15) is 16.7 Å². The Morgan fingerprint density at radius 1 is 0.417 bits per heavy atom. The van der Waals surface area contributed by atoms with Crippen molar-refractivity contribution in [3.63, 3.8) is 0 Å². The summed E-state index contributed by atoms with van der Waals surface area (Å²) in [5.41, 5.74) is 7.63. The molecule has 0 atom stereocenters. The van der Waals surface area contributed by atoms with Gasteiger partial charge < -0.3 is 14.6 Å². The average Bonchev–Trinajstić information content (AvgIpc) is 2.96. The van der Waals surface area contributed by atoms with Gasteiger partial charge in [0.25, 0.3) is 0 Å². The zero-order valence-electron chi connectivity index (χ0n) is 20.0. The van der Waals surface area contributed by atoms with Gasteiger partial charge in [0.2, 0.25) is 0 Å². The Labute approximate surface area is 212 Å². The quantitative estimate of drug-likeness (QED) is 0.239. The highest BCUT2D eigenvalue weighted by Gasteiger charge is 2.06. The van der Waals surface area contributed by atoms with Crippen molar-refractivity contribution in [2.24, 2.45) is 0 Å². The molecule has 0 aromatic heterocycles. The van der Waals surface area contributed by atoms with E-state index in [0.29, 0.717) is 24.7 Å². The topological polar surface area (TPSA) is 38.7 Å². The molecule has 0 saturated heterocycles. The van der Waals surface area contributed by atoms with Crippen molar-refractivity contribution in [1.82, 2.24) is 0 Å². The SMILES string of the molecule is OCc1cc(OCc2ccc(-c3ccccc3)cc2)cc(OCc2ccc(-c3ccccc3)cc2)c1. The lowest BCUT2D eigenvalue weighted by Crippen LogP contribution is -1.99. The van der Waals surface area contributed by atoms with Gasteiger partial charge in [-0.1, -0.05) is 109 Å². The fourth-order valence-corrected chi connectivity index (χ4v) is 4.07. The van der Waals surface area contributed by atoms with Crippen molar-refractivity contribution >= 4 is 0 Å². The van der Waals surface area contributed by atoms with E-state index in [9.17, 15) is 5.11 Å². The first-order valence-electron chi connectivity index (χ1n) is 12.1. The molecule has 0 unspecified atom stereocenters. The van der Waals surface area contributed by atoms with Crippen molar-refractivity contribution in [1.29, 1.82) is 0 Å². The third kappa shape index (κ3) is 6.01. The second-order valence-electron chi connectivity index (χ2n) is 8.67. The Morgan fingerprint density at radius 3 is 1.19 bits per heavy atom. The first-order chi connectivity index (χ1) is 17.8. The summed E-state index contributed by atoms with van der Waals surface area (Å²) >= 11 is 0. The van der Waals surface area contributed by atoms with Gasteiger partial charge in [-0.3, -0.25) is 0 Å². The van der Waals surface area contributed by atoms with E-state index >= 15 is 0 Å². The van der Waals surface area contributed by atoms with Crippen LogP contribution in [0.3, 0.4) is 0 Å². The first-order valence-corrected chi connectivity index (χ1v) is 12.1. The molecule has 0 aliphatic rings. The minimum Gasteiger partial charge on any atom is -0.489 e. The minimum atomic E-state index is -0.0783. The largest absolute Gasteiger partial charge is 0.489 e. The van der Waals surface area contributed by atoms with E-state index in [4.69, 9.17) is 9.47 Å². The maximum atomic E-state index is 9.72. The van der Waals surface area contributed by atoms with Crippen molar-refractivity contribution in [2.45, 2.75) is 19.8 Å². The lowest BCUT2D eigenvalue weighted by molar-refractivity contribution is 0.271. The maximum absolute atomic E-state index is 9.72. The second-order valence-corrected chi connectivity index (χ2v) is 8.67. The number of hydrogen-bond donors (Lipinski definition) is 1. The molecule has 1 N–H and O–H groups in total. The van der Waals surface area contributed by atoms with E-state index in [0.717, 1.165) is 16.7 Å². The second kappa shape index (κ2) is 11.4. The first kappa shape index (κ1) is 23.4. The number of hydrogen-bond acceptors (Lipinski definition) is 3. The third-order valence-electron chi connectivity index (χ3n) is 6.06. The monoisotopic (exact) mass is 472 g/mol. The summed E-state index contributed by atoms with van der Waals surface area (Å²) in [7, 11) is 0. The zero-order chi connectivity index (χ0) is 24.6. The Balaban J connectivity index is 1.21. The number of benzene rings is 5. The fraction of sp³-hybridized carbons (Fsp3) is 0.0909. The Hall–Kier alpha value is -4.34. The maximum Gasteiger partial charge on any atom is 0.123 e. The summed E-state index contributed by atoms with van der Waals surface area (Å²) in [4.78, 5) is 0. The lowest BCUT2D eigenvalue weighted by Gasteiger charge is -2.13. The zero-order valence-corrected chi connectivity index (χ0v) is 20.0. The molecule has 5 rings (SSSR count). The molecule has 0 heterocycles. The summed E-state index contributed by atoms with van der Waals surface area (Å²) in [6.07, 6.45) is 0. The van der Waals surface area contributed by atoms with E-state index in [1.165, 1.54) is 22.3 Å². The van der Waals surface area contributed by atoms with Crippen LogP contribution in [-0.2, 0) is 19.8 Å². The van der Waals surface area contributed by atoms with Crippen LogP contribution in [0.2, 0.25) is 0 Å². The van der Waals surface area contributed by atoms with Gasteiger partial charge in [-0.2, -0.15) is 0 Å². The van der Waals surface area contributed by atoms with E-state index in [1.54, 1.807) is 0 Å². The molecule has 3 heteroatoms. The smallest absolute Gasteiger partial charge is 0.123 e. The van der Waals surface area contributed by atoms with Gasteiger partial charge >= 0.3 is 0 Å². The van der Waals surface area contributed by atoms with Gasteiger partial charge in [0, 0.05) is 6.07 Å². The van der Waals surface area contributed by atoms with Crippen LogP contribution in [-0.4, -0.2) is 5.11 Å². The molecule has 3 nitrogen and oxygen atoms in total. The van der Waals surface area contributed by atoms with Crippen LogP contribution in [0, 0.1) is 0 Å². The molecule has 5 aromatic carbocycles. The average molecular weight is 473 g/mol. The molecule has 0 fully saturated rings. The Kier molecular flexibility index (Phi) is 7.41. The molecule has 0 amide bonds. The lowest BCUT2D eigenvalue weighted by atomic mass is 10.0. The molecule has 0 spiro atoms. The molecular formula is C33H28O3. The van der Waals surface area contributed by atoms with E-state index < -0.39 is 0 Å². The highest BCUT2D eigenvalue weighted by atomic mass is 16.5. The van der Waals surface area contributed by atoms with Crippen LogP contribution in [0.25, 0.3) is 22.3 Å². The minimum absolute atomic E-state index is 0.0783. The molecule has 36 heavy (non-hydrogen) atoms. The molecule has 0 aliphatic carbocycles. The number of ether oxygens (including phenoxy) is 2. The summed E-state index contributed by atoms with van der Waals surface area (Å²) in [6.45, 7) is 0.791. The summed E-state index contributed by atoms with van der Waals surface area (Å²) in [6, 6.07) is 42.9. The van der Waals surface area contributed by atoms with Crippen LogP contribution in [0.4, 0.5) is 0 Å². The van der Waals surface area contributed by atoms with Gasteiger partial charge in [-0.05, 0) is 51.1 Å². The van der Waals surface area contributed by atoms with Crippen molar-refractivity contribution < 1.29 is 14.6 Å². The van der Waals surface area contributed by atoms with Gasteiger partial charge in [0.05, 0.1) is 6.61 Å². The van der Waals surface area contributed by atoms with Gasteiger partial charge in [-0.25, -0.2) is 0 Å². The molecule has 5 aromatic rings. The molecule has 0 bridgehead atoms. The summed E-state index contributed by atoms with van der Waals surface area (Å²) in [5, 5.41) is 9.72. The van der Waals surface area contributed by atoms with Crippen molar-refractivity contribution in [2.75, 3.05) is 0 Å². The molecule has 0 aliphatic heterocycles. The van der Waals surface area contributed by atoms with E-state index in [1.807, 2.05) is 54.6 Å². The number of aliphatic hydroxyl groups excluding tert-OH is 1. The number of aliphatic hydroxyl groups is 1. The Morgan fingerprint density at radius 2 is 0.806 bits per heavy atom. The highest BCUT2D eigenvalue weighted by Crippen LogP contribution is 2.26. The normalized spacial score (nSPS) is 10.7. The van der Waals surface area contributed by atoms with Crippen molar-refractivity contribution in [3.05, 3.63) is 144 Å². The predicted molar refractivity (Wildman–Crippen MR) is 145 cm³/mol. The fourth-order valence-electron chi connectivity index (χ4n) is 4.07. The molecule has 0 saturated carbocycles. The predicted octanol–water partition coefficient (Wildman–Crippen LogP) is 7.67. The van der Waals surface area contributed by atoms with Gasteiger partial charge in [-0.15, -0.1) is 0 Å².